The number of likely N-dealkylation sites (tertiary alicyclic amines) is 1. The van der Waals surface area contributed by atoms with Gasteiger partial charge in [-0.3, -0.25) is 9.69 Å². The van der Waals surface area contributed by atoms with Gasteiger partial charge in [-0.2, -0.15) is 0 Å². The molecule has 0 bridgehead atoms. The first-order chi connectivity index (χ1) is 6.61. The highest BCUT2D eigenvalue weighted by atomic mass is 16.2. The summed E-state index contributed by atoms with van der Waals surface area (Å²) in [6.07, 6.45) is 1.11. The molecule has 1 amide bonds. The predicted octanol–water partition coefficient (Wildman–Crippen LogP) is -0.210. The number of rotatable bonds is 3. The maximum atomic E-state index is 11.5. The summed E-state index contributed by atoms with van der Waals surface area (Å²) in [6.45, 7) is 5.81. The lowest BCUT2D eigenvalue weighted by Crippen LogP contribution is -2.46. The van der Waals surface area contributed by atoms with Crippen LogP contribution in [0.4, 0.5) is 0 Å². The van der Waals surface area contributed by atoms with Crippen LogP contribution in [0.5, 0.6) is 0 Å². The van der Waals surface area contributed by atoms with E-state index in [9.17, 15) is 4.79 Å². The number of carbonyl (C=O) groups excluding carboxylic acids is 1. The number of nitrogens with two attached hydrogens (primary N) is 1. The predicted molar refractivity (Wildman–Crippen MR) is 56.9 cm³/mol. The van der Waals surface area contributed by atoms with Gasteiger partial charge in [0.05, 0.1) is 6.04 Å². The molecule has 0 aromatic heterocycles. The van der Waals surface area contributed by atoms with Crippen LogP contribution >= 0.6 is 0 Å². The second-order valence-electron chi connectivity index (χ2n) is 4.05. The standard InChI is InChI=1S/C10H21N3O/c1-7-9(6-11)4-5-13(7)8(2)10(14)12-3/h7-9H,4-6,11H2,1-3H3,(H,12,14). The Labute approximate surface area is 85.8 Å². The third-order valence-corrected chi connectivity index (χ3v) is 3.39. The van der Waals surface area contributed by atoms with Crippen LogP contribution < -0.4 is 11.1 Å². The van der Waals surface area contributed by atoms with Crippen molar-refractivity contribution in [1.29, 1.82) is 0 Å². The quantitative estimate of drug-likeness (QED) is 0.661. The van der Waals surface area contributed by atoms with Crippen molar-refractivity contribution in [1.82, 2.24) is 10.2 Å². The molecule has 0 spiro atoms. The third kappa shape index (κ3) is 2.07. The van der Waals surface area contributed by atoms with Crippen molar-refractivity contribution in [2.24, 2.45) is 11.7 Å². The first-order valence-corrected chi connectivity index (χ1v) is 5.29. The van der Waals surface area contributed by atoms with E-state index in [1.54, 1.807) is 7.05 Å². The van der Waals surface area contributed by atoms with Gasteiger partial charge in [-0.1, -0.05) is 0 Å². The average Bonchev–Trinajstić information content (AvgIpc) is 2.57. The Morgan fingerprint density at radius 2 is 2.36 bits per heavy atom. The number of nitrogens with zero attached hydrogens (tertiary/aromatic N) is 1. The van der Waals surface area contributed by atoms with E-state index < -0.39 is 0 Å². The lowest BCUT2D eigenvalue weighted by Gasteiger charge is -2.28. The Morgan fingerprint density at radius 1 is 1.71 bits per heavy atom. The van der Waals surface area contributed by atoms with E-state index in [2.05, 4.69) is 17.1 Å². The van der Waals surface area contributed by atoms with Crippen molar-refractivity contribution >= 4 is 5.91 Å². The summed E-state index contributed by atoms with van der Waals surface area (Å²) in [5, 5.41) is 2.68. The molecule has 1 saturated heterocycles. The van der Waals surface area contributed by atoms with E-state index in [0.29, 0.717) is 12.0 Å². The summed E-state index contributed by atoms with van der Waals surface area (Å²) < 4.78 is 0. The fraction of sp³-hybridized carbons (Fsp3) is 0.900. The van der Waals surface area contributed by atoms with Gasteiger partial charge in [0.25, 0.3) is 0 Å². The molecular formula is C10H21N3O. The highest BCUT2D eigenvalue weighted by Crippen LogP contribution is 2.24. The monoisotopic (exact) mass is 199 g/mol. The van der Waals surface area contributed by atoms with Crippen molar-refractivity contribution in [3.63, 3.8) is 0 Å². The molecule has 3 atom stereocenters. The molecular weight excluding hydrogens is 178 g/mol. The van der Waals surface area contributed by atoms with Crippen molar-refractivity contribution in [3.8, 4) is 0 Å². The first kappa shape index (κ1) is 11.5. The van der Waals surface area contributed by atoms with Crippen molar-refractivity contribution in [2.45, 2.75) is 32.4 Å². The normalized spacial score (nSPS) is 30.3. The molecule has 0 aromatic carbocycles. The fourth-order valence-electron chi connectivity index (χ4n) is 2.25. The zero-order valence-corrected chi connectivity index (χ0v) is 9.29. The Kier molecular flexibility index (Phi) is 3.89. The van der Waals surface area contributed by atoms with Crippen LogP contribution in [0.3, 0.4) is 0 Å². The largest absolute Gasteiger partial charge is 0.358 e. The Morgan fingerprint density at radius 3 is 2.79 bits per heavy atom. The van der Waals surface area contributed by atoms with Gasteiger partial charge in [-0.25, -0.2) is 0 Å². The highest BCUT2D eigenvalue weighted by Gasteiger charge is 2.34. The molecule has 0 saturated carbocycles. The molecule has 1 fully saturated rings. The molecule has 1 aliphatic rings. The summed E-state index contributed by atoms with van der Waals surface area (Å²) in [5.74, 6) is 0.636. The molecule has 1 heterocycles. The summed E-state index contributed by atoms with van der Waals surface area (Å²) in [5.41, 5.74) is 5.67. The lowest BCUT2D eigenvalue weighted by atomic mass is 10.0. The second-order valence-corrected chi connectivity index (χ2v) is 4.05. The topological polar surface area (TPSA) is 58.4 Å². The SMILES string of the molecule is CNC(=O)C(C)N1CCC(CN)C1C. The zero-order valence-electron chi connectivity index (χ0n) is 9.29. The number of hydrogen-bond acceptors (Lipinski definition) is 3. The van der Waals surface area contributed by atoms with Gasteiger partial charge in [0.15, 0.2) is 0 Å². The van der Waals surface area contributed by atoms with Crippen LogP contribution in [-0.2, 0) is 4.79 Å². The maximum Gasteiger partial charge on any atom is 0.236 e. The summed E-state index contributed by atoms with van der Waals surface area (Å²) in [7, 11) is 1.68. The van der Waals surface area contributed by atoms with Gasteiger partial charge < -0.3 is 11.1 Å². The summed E-state index contributed by atoms with van der Waals surface area (Å²) in [4.78, 5) is 13.7. The Hall–Kier alpha value is -0.610. The van der Waals surface area contributed by atoms with Gasteiger partial charge in [-0.15, -0.1) is 0 Å². The Bertz CT molecular complexity index is 208. The van der Waals surface area contributed by atoms with Gasteiger partial charge in [0, 0.05) is 13.1 Å². The minimum Gasteiger partial charge on any atom is -0.358 e. The molecule has 3 unspecified atom stereocenters. The fourth-order valence-corrected chi connectivity index (χ4v) is 2.25. The molecule has 0 radical (unpaired) electrons. The van der Waals surface area contributed by atoms with Gasteiger partial charge in [-0.05, 0) is 39.3 Å². The van der Waals surface area contributed by atoms with E-state index in [0.717, 1.165) is 19.5 Å². The number of amides is 1. The zero-order chi connectivity index (χ0) is 10.7. The molecule has 1 rings (SSSR count). The molecule has 14 heavy (non-hydrogen) atoms. The van der Waals surface area contributed by atoms with E-state index >= 15 is 0 Å². The van der Waals surface area contributed by atoms with E-state index in [1.165, 1.54) is 0 Å². The molecule has 1 aliphatic heterocycles. The van der Waals surface area contributed by atoms with Gasteiger partial charge in [0.2, 0.25) is 5.91 Å². The smallest absolute Gasteiger partial charge is 0.236 e. The van der Waals surface area contributed by atoms with Crippen LogP contribution in [0, 0.1) is 5.92 Å². The number of nitrogens with one attached hydrogen (secondary N) is 1. The van der Waals surface area contributed by atoms with Crippen LogP contribution in [0.25, 0.3) is 0 Å². The van der Waals surface area contributed by atoms with E-state index in [1.807, 2.05) is 6.92 Å². The van der Waals surface area contributed by atoms with Crippen molar-refractivity contribution in [2.75, 3.05) is 20.1 Å². The maximum absolute atomic E-state index is 11.5. The molecule has 4 heteroatoms. The molecule has 4 nitrogen and oxygen atoms in total. The minimum atomic E-state index is -0.0356. The minimum absolute atomic E-state index is 0.0356. The van der Waals surface area contributed by atoms with Crippen LogP contribution in [0.15, 0.2) is 0 Å². The number of likely N-dealkylation sites (N-methyl/N-ethyl adjacent to an activating group) is 1. The van der Waals surface area contributed by atoms with Crippen molar-refractivity contribution in [3.05, 3.63) is 0 Å². The molecule has 3 N–H and O–H groups in total. The van der Waals surface area contributed by atoms with E-state index in [4.69, 9.17) is 5.73 Å². The second kappa shape index (κ2) is 4.75. The summed E-state index contributed by atoms with van der Waals surface area (Å²) in [6, 6.07) is 0.388. The first-order valence-electron chi connectivity index (χ1n) is 5.29. The number of hydrogen-bond donors (Lipinski definition) is 2. The average molecular weight is 199 g/mol. The van der Waals surface area contributed by atoms with Crippen LogP contribution in [0.2, 0.25) is 0 Å². The van der Waals surface area contributed by atoms with Gasteiger partial charge in [0.1, 0.15) is 0 Å². The highest BCUT2D eigenvalue weighted by molar-refractivity contribution is 5.81. The lowest BCUT2D eigenvalue weighted by molar-refractivity contribution is -0.125. The van der Waals surface area contributed by atoms with E-state index in [-0.39, 0.29) is 11.9 Å². The van der Waals surface area contributed by atoms with Crippen LogP contribution in [-0.4, -0.2) is 43.0 Å². The third-order valence-electron chi connectivity index (χ3n) is 3.39. The molecule has 82 valence electrons. The molecule has 0 aliphatic carbocycles. The van der Waals surface area contributed by atoms with Crippen LogP contribution in [0.1, 0.15) is 20.3 Å². The summed E-state index contributed by atoms with van der Waals surface area (Å²) >= 11 is 0. The van der Waals surface area contributed by atoms with Gasteiger partial charge >= 0.3 is 0 Å². The van der Waals surface area contributed by atoms with Crippen molar-refractivity contribution < 1.29 is 4.79 Å². The molecule has 0 aromatic rings. The number of carbonyl (C=O) groups is 1. The Balaban J connectivity index is 2.58.